The van der Waals surface area contributed by atoms with Gasteiger partial charge in [0.05, 0.1) is 23.6 Å². The van der Waals surface area contributed by atoms with Gasteiger partial charge in [0.2, 0.25) is 0 Å². The van der Waals surface area contributed by atoms with E-state index in [1.807, 2.05) is 45.0 Å². The van der Waals surface area contributed by atoms with Crippen molar-refractivity contribution in [2.45, 2.75) is 93.8 Å². The maximum Gasteiger partial charge on any atom is 0.410 e. The number of rotatable bonds is 10. The molecule has 2 fully saturated rings. The molecule has 1 N–H and O–H groups in total. The zero-order chi connectivity index (χ0) is 29.2. The van der Waals surface area contributed by atoms with E-state index in [-0.39, 0.29) is 10.9 Å². The van der Waals surface area contributed by atoms with E-state index in [1.54, 1.807) is 17.0 Å². The van der Waals surface area contributed by atoms with E-state index in [2.05, 4.69) is 42.6 Å². The second-order valence-electron chi connectivity index (χ2n) is 12.2. The van der Waals surface area contributed by atoms with Crippen LogP contribution >= 0.6 is 0 Å². The number of fused-ring (bicyclic) bond motifs is 3. The van der Waals surface area contributed by atoms with Crippen molar-refractivity contribution in [3.8, 4) is 0 Å². The molecule has 41 heavy (non-hydrogen) atoms. The minimum absolute atomic E-state index is 0.259. The van der Waals surface area contributed by atoms with Gasteiger partial charge in [-0.15, -0.1) is 0 Å². The number of nitrogens with zero attached hydrogens (tertiary/aromatic N) is 1. The first-order valence-electron chi connectivity index (χ1n) is 14.7. The van der Waals surface area contributed by atoms with Crippen LogP contribution in [0.4, 0.5) is 4.79 Å². The van der Waals surface area contributed by atoms with Crippen molar-refractivity contribution in [2.24, 2.45) is 0 Å². The fourth-order valence-corrected chi connectivity index (χ4v) is 8.43. The van der Waals surface area contributed by atoms with E-state index >= 15 is 0 Å². The highest BCUT2D eigenvalue weighted by Gasteiger charge is 2.60. The molecule has 2 aliphatic rings. The molecule has 0 aliphatic carbocycles. The standard InChI is InChI=1S/C33H42N2O5S/c1-5-19-39-20-18-23-11-14-27(15-12-23)41(37,38)31-29-17-16-28(35(29)32(36)40-33(2,3)4)30(31)34-22-24-10-13-25-8-6-7-9-26(25)21-24/h6-15,21,28-31,34H,5,16-20,22H2,1-4H3/t28-,29+,30-,31-/m0/s1. The molecular weight excluding hydrogens is 536 g/mol. The maximum absolute atomic E-state index is 14.2. The first-order chi connectivity index (χ1) is 19.6. The molecule has 2 bridgehead atoms. The topological polar surface area (TPSA) is 84.9 Å². The Bertz CT molecular complexity index is 1460. The summed E-state index contributed by atoms with van der Waals surface area (Å²) in [6, 6.07) is 20.5. The van der Waals surface area contributed by atoms with Gasteiger partial charge in [-0.25, -0.2) is 13.2 Å². The van der Waals surface area contributed by atoms with Gasteiger partial charge in [0.25, 0.3) is 0 Å². The first-order valence-corrected chi connectivity index (χ1v) is 16.3. The molecular formula is C33H42N2O5S. The van der Waals surface area contributed by atoms with Gasteiger partial charge in [-0.1, -0.05) is 55.5 Å². The molecule has 3 aromatic rings. The third kappa shape index (κ3) is 6.45. The smallest absolute Gasteiger partial charge is 0.410 e. The molecule has 4 atom stereocenters. The zero-order valence-electron chi connectivity index (χ0n) is 24.5. The summed E-state index contributed by atoms with van der Waals surface area (Å²) >= 11 is 0. The van der Waals surface area contributed by atoms with Crippen molar-refractivity contribution < 1.29 is 22.7 Å². The summed E-state index contributed by atoms with van der Waals surface area (Å²) in [4.78, 5) is 15.3. The molecule has 2 aliphatic heterocycles. The molecule has 1 amide bonds. The fraction of sp³-hybridized carbons (Fsp3) is 0.485. The lowest BCUT2D eigenvalue weighted by molar-refractivity contribution is 0.0210. The van der Waals surface area contributed by atoms with Crippen molar-refractivity contribution in [3.05, 3.63) is 77.9 Å². The van der Waals surface area contributed by atoms with Crippen molar-refractivity contribution in [2.75, 3.05) is 13.2 Å². The van der Waals surface area contributed by atoms with Gasteiger partial charge in [0.1, 0.15) is 10.9 Å². The third-order valence-corrected chi connectivity index (χ3v) is 10.3. The molecule has 2 saturated heterocycles. The van der Waals surface area contributed by atoms with Crippen LogP contribution in [0.5, 0.6) is 0 Å². The summed E-state index contributed by atoms with van der Waals surface area (Å²) in [6.07, 6.45) is 2.63. The SMILES string of the molecule is CCCOCCc1ccc(S(=O)(=O)[C@@H]2[C@@H](NCc3ccc4ccccc4c3)[C@@H]3CC[C@H]2N3C(=O)OC(C)(C)C)cc1. The number of hydrogen-bond donors (Lipinski definition) is 1. The van der Waals surface area contributed by atoms with Gasteiger partial charge in [-0.3, -0.25) is 4.90 Å². The predicted octanol–water partition coefficient (Wildman–Crippen LogP) is 5.89. The van der Waals surface area contributed by atoms with Crippen molar-refractivity contribution in [1.82, 2.24) is 10.2 Å². The molecule has 0 unspecified atom stereocenters. The molecule has 8 heteroatoms. The van der Waals surface area contributed by atoms with Gasteiger partial charge >= 0.3 is 6.09 Å². The molecule has 0 radical (unpaired) electrons. The van der Waals surface area contributed by atoms with Crippen LogP contribution in [-0.4, -0.2) is 61.6 Å². The van der Waals surface area contributed by atoms with Crippen LogP contribution < -0.4 is 5.32 Å². The molecule has 0 spiro atoms. The average molecular weight is 579 g/mol. The lowest BCUT2D eigenvalue weighted by Crippen LogP contribution is -2.50. The van der Waals surface area contributed by atoms with Gasteiger partial charge in [0.15, 0.2) is 9.84 Å². The van der Waals surface area contributed by atoms with Crippen LogP contribution in [0.25, 0.3) is 10.8 Å². The molecule has 0 saturated carbocycles. The molecule has 0 aromatic heterocycles. The molecule has 220 valence electrons. The maximum atomic E-state index is 14.2. The number of carbonyl (C=O) groups is 1. The average Bonchev–Trinajstić information content (AvgIpc) is 3.50. The molecule has 3 aromatic carbocycles. The second kappa shape index (κ2) is 12.1. The zero-order valence-corrected chi connectivity index (χ0v) is 25.3. The number of carbonyl (C=O) groups excluding carboxylic acids is 1. The number of hydrogen-bond acceptors (Lipinski definition) is 6. The normalized spacial score (nSPS) is 22.4. The molecule has 7 nitrogen and oxygen atoms in total. The molecule has 2 heterocycles. The number of amides is 1. The lowest BCUT2D eigenvalue weighted by Gasteiger charge is -2.29. The highest BCUT2D eigenvalue weighted by molar-refractivity contribution is 7.92. The van der Waals surface area contributed by atoms with Crippen LogP contribution in [0.15, 0.2) is 71.6 Å². The van der Waals surface area contributed by atoms with Crippen LogP contribution in [0.2, 0.25) is 0 Å². The summed E-state index contributed by atoms with van der Waals surface area (Å²) in [5.74, 6) is 0. The Morgan fingerprint density at radius 3 is 2.32 bits per heavy atom. The Balaban J connectivity index is 1.40. The van der Waals surface area contributed by atoms with Crippen LogP contribution in [-0.2, 0) is 32.3 Å². The highest BCUT2D eigenvalue weighted by Crippen LogP contribution is 2.44. The van der Waals surface area contributed by atoms with Crippen LogP contribution in [0.3, 0.4) is 0 Å². The van der Waals surface area contributed by atoms with Crippen LogP contribution in [0.1, 0.15) is 58.1 Å². The van der Waals surface area contributed by atoms with Gasteiger partial charge in [-0.2, -0.15) is 0 Å². The van der Waals surface area contributed by atoms with Crippen LogP contribution in [0, 0.1) is 0 Å². The lowest BCUT2D eigenvalue weighted by atomic mass is 9.94. The number of ether oxygens (including phenoxy) is 2. The van der Waals surface area contributed by atoms with Crippen molar-refractivity contribution >= 4 is 26.7 Å². The Kier molecular flexibility index (Phi) is 8.73. The van der Waals surface area contributed by atoms with Gasteiger partial charge in [-0.05, 0) is 86.6 Å². The Morgan fingerprint density at radius 1 is 0.927 bits per heavy atom. The van der Waals surface area contributed by atoms with Gasteiger partial charge in [0, 0.05) is 19.2 Å². The fourth-order valence-electron chi connectivity index (χ4n) is 6.26. The van der Waals surface area contributed by atoms with E-state index in [9.17, 15) is 13.2 Å². The number of sulfone groups is 1. The Labute approximate surface area is 244 Å². The van der Waals surface area contributed by atoms with E-state index in [1.165, 1.54) is 0 Å². The summed E-state index contributed by atoms with van der Waals surface area (Å²) in [5, 5.41) is 5.10. The third-order valence-electron chi connectivity index (χ3n) is 8.07. The predicted molar refractivity (Wildman–Crippen MR) is 162 cm³/mol. The van der Waals surface area contributed by atoms with E-state index in [0.717, 1.165) is 47.8 Å². The number of benzene rings is 3. The largest absolute Gasteiger partial charge is 0.444 e. The highest BCUT2D eigenvalue weighted by atomic mass is 32.2. The summed E-state index contributed by atoms with van der Waals surface area (Å²) in [6.45, 7) is 9.41. The second-order valence-corrected chi connectivity index (χ2v) is 14.3. The van der Waals surface area contributed by atoms with Gasteiger partial charge < -0.3 is 14.8 Å². The first kappa shape index (κ1) is 29.5. The van der Waals surface area contributed by atoms with E-state index < -0.39 is 38.9 Å². The quantitative estimate of drug-likeness (QED) is 0.302. The molecule has 5 rings (SSSR count). The monoisotopic (exact) mass is 578 g/mol. The summed E-state index contributed by atoms with van der Waals surface area (Å²) in [7, 11) is -3.76. The van der Waals surface area contributed by atoms with E-state index in [4.69, 9.17) is 9.47 Å². The Hall–Kier alpha value is -2.94. The summed E-state index contributed by atoms with van der Waals surface area (Å²) < 4.78 is 39.8. The van der Waals surface area contributed by atoms with E-state index in [0.29, 0.717) is 19.6 Å². The minimum Gasteiger partial charge on any atom is -0.444 e. The Morgan fingerprint density at radius 2 is 1.61 bits per heavy atom. The number of nitrogens with one attached hydrogen (secondary N) is 1. The van der Waals surface area contributed by atoms with Crippen molar-refractivity contribution in [1.29, 1.82) is 0 Å². The minimum atomic E-state index is -3.76. The summed E-state index contributed by atoms with van der Waals surface area (Å²) in [5.41, 5.74) is 1.44. The van der Waals surface area contributed by atoms with Crippen molar-refractivity contribution in [3.63, 3.8) is 0 Å².